The van der Waals surface area contributed by atoms with Gasteiger partial charge in [-0.15, -0.1) is 17.7 Å². The lowest BCUT2D eigenvalue weighted by molar-refractivity contribution is -0.108. The van der Waals surface area contributed by atoms with E-state index < -0.39 is 0 Å². The maximum Gasteiger partial charge on any atom is 0.191 e. The van der Waals surface area contributed by atoms with Gasteiger partial charge in [-0.25, -0.2) is 4.99 Å². The van der Waals surface area contributed by atoms with Crippen LogP contribution in [0.25, 0.3) is 5.57 Å². The first-order chi connectivity index (χ1) is 14.6. The molecule has 0 aliphatic carbocycles. The number of hydrogen-bond donors (Lipinski definition) is 1. The highest BCUT2D eigenvalue weighted by Crippen LogP contribution is 2.39. The Morgan fingerprint density at radius 2 is 2.20 bits per heavy atom. The molecule has 5 nitrogen and oxygen atoms in total. The van der Waals surface area contributed by atoms with Crippen LogP contribution < -0.4 is 5.73 Å². The smallest absolute Gasteiger partial charge is 0.191 e. The molecule has 1 aromatic carbocycles. The lowest BCUT2D eigenvalue weighted by atomic mass is 9.98. The van der Waals surface area contributed by atoms with Crippen molar-refractivity contribution in [1.29, 1.82) is 0 Å². The Morgan fingerprint density at radius 1 is 1.40 bits per heavy atom. The minimum absolute atomic E-state index is 0.167. The highest BCUT2D eigenvalue weighted by molar-refractivity contribution is 8.03. The van der Waals surface area contributed by atoms with Crippen molar-refractivity contribution in [3.05, 3.63) is 70.9 Å². The van der Waals surface area contributed by atoms with Crippen LogP contribution in [0.5, 0.6) is 0 Å². The van der Waals surface area contributed by atoms with Crippen LogP contribution in [-0.4, -0.2) is 40.5 Å². The van der Waals surface area contributed by atoms with E-state index in [1.54, 1.807) is 24.2 Å². The summed E-state index contributed by atoms with van der Waals surface area (Å²) in [6.45, 7) is 2.48. The van der Waals surface area contributed by atoms with Crippen molar-refractivity contribution in [2.75, 3.05) is 7.05 Å². The summed E-state index contributed by atoms with van der Waals surface area (Å²) in [5.41, 5.74) is 10.8. The average Bonchev–Trinajstić information content (AvgIpc) is 3.25. The zero-order chi connectivity index (χ0) is 21.3. The molecule has 30 heavy (non-hydrogen) atoms. The van der Waals surface area contributed by atoms with Gasteiger partial charge in [0.15, 0.2) is 5.96 Å². The van der Waals surface area contributed by atoms with Gasteiger partial charge < -0.3 is 15.4 Å². The molecule has 2 N–H and O–H groups in total. The van der Waals surface area contributed by atoms with Crippen molar-refractivity contribution in [2.24, 2.45) is 10.7 Å². The molecule has 0 amide bonds. The van der Waals surface area contributed by atoms with Gasteiger partial charge in [-0.3, -0.25) is 4.98 Å². The summed E-state index contributed by atoms with van der Waals surface area (Å²) < 4.78 is 0. The average molecular weight is 419 g/mol. The van der Waals surface area contributed by atoms with Crippen LogP contribution >= 0.6 is 11.8 Å². The number of aromatic nitrogens is 1. The van der Waals surface area contributed by atoms with E-state index >= 15 is 0 Å². The monoisotopic (exact) mass is 418 g/mol. The number of allylic oxidation sites excluding steroid dienone is 1. The summed E-state index contributed by atoms with van der Waals surface area (Å²) >= 11 is 1.72. The Hall–Kier alpha value is -3.04. The van der Waals surface area contributed by atoms with E-state index in [-0.39, 0.29) is 11.3 Å². The molecule has 0 fully saturated rings. The van der Waals surface area contributed by atoms with Crippen molar-refractivity contribution >= 4 is 29.6 Å². The van der Waals surface area contributed by atoms with Gasteiger partial charge in [0, 0.05) is 43.2 Å². The number of nitrogens with two attached hydrogens (primary N) is 1. The van der Waals surface area contributed by atoms with E-state index in [9.17, 15) is 4.79 Å². The first-order valence-electron chi connectivity index (χ1n) is 9.85. The molecule has 0 radical (unpaired) electrons. The van der Waals surface area contributed by atoms with Gasteiger partial charge in [0.1, 0.15) is 6.29 Å². The Bertz CT molecular complexity index is 991. The molecule has 2 atom stereocenters. The summed E-state index contributed by atoms with van der Waals surface area (Å²) in [5, 5.41) is 2.35. The number of hydrogen-bond acceptors (Lipinski definition) is 4. The topological polar surface area (TPSA) is 71.6 Å². The Morgan fingerprint density at radius 3 is 2.93 bits per heavy atom. The van der Waals surface area contributed by atoms with Gasteiger partial charge in [-0.1, -0.05) is 18.1 Å². The number of aldehydes is 1. The lowest BCUT2D eigenvalue weighted by Gasteiger charge is -2.23. The summed E-state index contributed by atoms with van der Waals surface area (Å²) in [7, 11) is 1.91. The number of benzene rings is 1. The largest absolute Gasteiger partial charge is 0.370 e. The van der Waals surface area contributed by atoms with E-state index in [1.165, 1.54) is 11.1 Å². The summed E-state index contributed by atoms with van der Waals surface area (Å²) in [6.07, 6.45) is 5.64. The molecular weight excluding hydrogens is 392 g/mol. The Balaban J connectivity index is 1.69. The third-order valence-electron chi connectivity index (χ3n) is 4.93. The van der Waals surface area contributed by atoms with E-state index in [0.717, 1.165) is 23.8 Å². The third kappa shape index (κ3) is 5.74. The van der Waals surface area contributed by atoms with Crippen LogP contribution in [0.2, 0.25) is 0 Å². The first kappa shape index (κ1) is 21.7. The van der Waals surface area contributed by atoms with Gasteiger partial charge in [-0.2, -0.15) is 0 Å². The molecule has 1 aromatic heterocycles. The SMILES string of the molecule is CC#Cc1cccc(C2=CSC(C(CC=O)N=C(N)N(C)Cc3ccncc3)C2)c1. The molecular formula is C24H26N4OS. The summed E-state index contributed by atoms with van der Waals surface area (Å²) in [6, 6.07) is 12.0. The number of carbonyl (C=O) groups is 1. The zero-order valence-corrected chi connectivity index (χ0v) is 18.1. The molecule has 6 heteroatoms. The molecule has 2 heterocycles. The standard InChI is InChI=1S/C24H26N4OS/c1-3-5-18-6-4-7-20(14-18)21-15-23(30-17-21)22(10-13-29)27-24(25)28(2)16-19-8-11-26-12-9-19/h4,6-9,11-14,17,22-23H,10,15-16H2,1-2H3,(H2,25,27). The van der Waals surface area contributed by atoms with Crippen LogP contribution in [0.1, 0.15) is 36.5 Å². The van der Waals surface area contributed by atoms with E-state index in [1.807, 2.05) is 43.1 Å². The van der Waals surface area contributed by atoms with Crippen molar-refractivity contribution in [3.8, 4) is 11.8 Å². The highest BCUT2D eigenvalue weighted by atomic mass is 32.2. The Kier molecular flexibility index (Phi) is 7.69. The van der Waals surface area contributed by atoms with Crippen molar-refractivity contribution in [1.82, 2.24) is 9.88 Å². The van der Waals surface area contributed by atoms with Gasteiger partial charge >= 0.3 is 0 Å². The zero-order valence-electron chi connectivity index (χ0n) is 17.3. The second kappa shape index (κ2) is 10.7. The number of rotatable bonds is 7. The summed E-state index contributed by atoms with van der Waals surface area (Å²) in [5.74, 6) is 6.49. The highest BCUT2D eigenvalue weighted by Gasteiger charge is 2.27. The molecule has 0 spiro atoms. The third-order valence-corrected chi connectivity index (χ3v) is 6.19. The molecule has 2 aromatic rings. The first-order valence-corrected chi connectivity index (χ1v) is 10.8. The second-order valence-corrected chi connectivity index (χ2v) is 8.26. The number of carbonyl (C=O) groups excluding carboxylic acids is 1. The van der Waals surface area contributed by atoms with E-state index in [0.29, 0.717) is 18.9 Å². The maximum atomic E-state index is 11.3. The number of nitrogens with zero attached hydrogens (tertiary/aromatic N) is 3. The molecule has 1 aliphatic heterocycles. The molecule has 0 saturated carbocycles. The predicted octanol–water partition coefficient (Wildman–Crippen LogP) is 3.70. The van der Waals surface area contributed by atoms with Crippen molar-refractivity contribution in [2.45, 2.75) is 37.6 Å². The number of guanidine groups is 1. The van der Waals surface area contributed by atoms with Crippen LogP contribution in [-0.2, 0) is 11.3 Å². The second-order valence-electron chi connectivity index (χ2n) is 7.15. The van der Waals surface area contributed by atoms with Gasteiger partial charge in [-0.05, 0) is 59.7 Å². The molecule has 0 saturated heterocycles. The van der Waals surface area contributed by atoms with Crippen molar-refractivity contribution in [3.63, 3.8) is 0 Å². The Labute approximate surface area is 182 Å². The van der Waals surface area contributed by atoms with Crippen LogP contribution in [0.3, 0.4) is 0 Å². The fourth-order valence-electron chi connectivity index (χ4n) is 3.33. The molecule has 2 unspecified atom stereocenters. The predicted molar refractivity (Wildman–Crippen MR) is 125 cm³/mol. The number of pyridine rings is 1. The molecule has 1 aliphatic rings. The van der Waals surface area contributed by atoms with Crippen LogP contribution in [0.15, 0.2) is 59.2 Å². The molecule has 0 bridgehead atoms. The van der Waals surface area contributed by atoms with E-state index in [2.05, 4.69) is 34.4 Å². The lowest BCUT2D eigenvalue weighted by Crippen LogP contribution is -2.36. The van der Waals surface area contributed by atoms with Crippen LogP contribution in [0, 0.1) is 11.8 Å². The number of thioether (sulfide) groups is 1. The minimum Gasteiger partial charge on any atom is -0.370 e. The fourth-order valence-corrected chi connectivity index (χ4v) is 4.53. The normalized spacial score (nSPS) is 16.9. The minimum atomic E-state index is -0.167. The quantitative estimate of drug-likeness (QED) is 0.321. The number of aliphatic imine (C=N–C) groups is 1. The molecule has 154 valence electrons. The van der Waals surface area contributed by atoms with Crippen molar-refractivity contribution < 1.29 is 4.79 Å². The van der Waals surface area contributed by atoms with Crippen LogP contribution in [0.4, 0.5) is 0 Å². The van der Waals surface area contributed by atoms with Gasteiger partial charge in [0.2, 0.25) is 0 Å². The van der Waals surface area contributed by atoms with E-state index in [4.69, 9.17) is 10.7 Å². The van der Waals surface area contributed by atoms with Gasteiger partial charge in [0.05, 0.1) is 6.04 Å². The maximum absolute atomic E-state index is 11.3. The fraction of sp³-hybridized carbons (Fsp3) is 0.292. The summed E-state index contributed by atoms with van der Waals surface area (Å²) in [4.78, 5) is 22.0. The van der Waals surface area contributed by atoms with Gasteiger partial charge in [0.25, 0.3) is 0 Å². The molecule has 3 rings (SSSR count).